The summed E-state index contributed by atoms with van der Waals surface area (Å²) < 4.78 is 0. The summed E-state index contributed by atoms with van der Waals surface area (Å²) in [7, 11) is 2.14. The Balaban J connectivity index is 1.49. The van der Waals surface area contributed by atoms with Crippen LogP contribution in [-0.2, 0) is 6.42 Å². The Bertz CT molecular complexity index is 972. The zero-order chi connectivity index (χ0) is 18.6. The van der Waals surface area contributed by atoms with Gasteiger partial charge < -0.3 is 15.2 Å². The first-order valence-corrected chi connectivity index (χ1v) is 9.52. The molecule has 4 nitrogen and oxygen atoms in total. The van der Waals surface area contributed by atoms with Crippen LogP contribution in [0, 0.1) is 0 Å². The number of aromatic amines is 1. The summed E-state index contributed by atoms with van der Waals surface area (Å²) in [6.45, 7) is 2.68. The fourth-order valence-corrected chi connectivity index (χ4v) is 3.61. The Labute approximate surface area is 159 Å². The van der Waals surface area contributed by atoms with Crippen molar-refractivity contribution in [2.75, 3.05) is 26.7 Å². The van der Waals surface area contributed by atoms with E-state index in [9.17, 15) is 4.79 Å². The van der Waals surface area contributed by atoms with E-state index in [0.29, 0.717) is 12.1 Å². The predicted molar refractivity (Wildman–Crippen MR) is 111 cm³/mol. The van der Waals surface area contributed by atoms with Crippen molar-refractivity contribution < 1.29 is 4.79 Å². The van der Waals surface area contributed by atoms with Crippen LogP contribution in [0.15, 0.2) is 60.8 Å². The van der Waals surface area contributed by atoms with E-state index in [4.69, 9.17) is 0 Å². The molecule has 1 aliphatic heterocycles. The maximum atomic E-state index is 12.6. The maximum Gasteiger partial charge on any atom is 0.251 e. The summed E-state index contributed by atoms with van der Waals surface area (Å²) in [5.41, 5.74) is 5.60. The van der Waals surface area contributed by atoms with E-state index in [1.54, 1.807) is 0 Å². The highest BCUT2D eigenvalue weighted by Crippen LogP contribution is 2.29. The second kappa shape index (κ2) is 7.80. The number of aromatic nitrogens is 1. The van der Waals surface area contributed by atoms with Crippen LogP contribution in [0.2, 0.25) is 0 Å². The van der Waals surface area contributed by atoms with Crippen LogP contribution >= 0.6 is 0 Å². The second-order valence-electron chi connectivity index (χ2n) is 7.20. The fourth-order valence-electron chi connectivity index (χ4n) is 3.61. The number of carbonyl (C=O) groups excluding carboxylic acids is 1. The number of nitrogens with one attached hydrogen (secondary N) is 2. The van der Waals surface area contributed by atoms with Crippen molar-refractivity contribution in [1.82, 2.24) is 15.2 Å². The van der Waals surface area contributed by atoms with Gasteiger partial charge in [-0.2, -0.15) is 0 Å². The Morgan fingerprint density at radius 2 is 2.04 bits per heavy atom. The van der Waals surface area contributed by atoms with Crippen LogP contribution in [0.25, 0.3) is 16.5 Å². The van der Waals surface area contributed by atoms with E-state index in [-0.39, 0.29) is 5.91 Å². The van der Waals surface area contributed by atoms with Crippen molar-refractivity contribution in [2.24, 2.45) is 0 Å². The fraction of sp³-hybridized carbons (Fsp3) is 0.261. The van der Waals surface area contributed by atoms with Crippen molar-refractivity contribution in [3.63, 3.8) is 0 Å². The van der Waals surface area contributed by atoms with Crippen LogP contribution in [0.4, 0.5) is 0 Å². The molecule has 1 amide bonds. The molecule has 2 aromatic carbocycles. The molecule has 0 aliphatic carbocycles. The summed E-state index contributed by atoms with van der Waals surface area (Å²) >= 11 is 0. The SMILES string of the molecule is CN1CC=C(c2c[nH]c3ccc(C(=O)NCCc4ccccc4)cc23)CC1. The van der Waals surface area contributed by atoms with Gasteiger partial charge in [-0.25, -0.2) is 0 Å². The molecule has 4 rings (SSSR count). The predicted octanol–water partition coefficient (Wildman–Crippen LogP) is 3.86. The highest BCUT2D eigenvalue weighted by atomic mass is 16.1. The van der Waals surface area contributed by atoms with Gasteiger partial charge in [-0.3, -0.25) is 4.79 Å². The number of hydrogen-bond donors (Lipinski definition) is 2. The van der Waals surface area contributed by atoms with E-state index >= 15 is 0 Å². The minimum absolute atomic E-state index is 0.0164. The number of hydrogen-bond acceptors (Lipinski definition) is 2. The maximum absolute atomic E-state index is 12.6. The molecule has 0 radical (unpaired) electrons. The standard InChI is InChI=1S/C23H25N3O/c1-26-13-10-18(11-14-26)21-16-25-22-8-7-19(15-20(21)22)23(27)24-12-9-17-5-3-2-4-6-17/h2-8,10,15-16,25H,9,11-14H2,1H3,(H,24,27). The van der Waals surface area contributed by atoms with Gasteiger partial charge >= 0.3 is 0 Å². The number of fused-ring (bicyclic) bond motifs is 1. The molecular weight excluding hydrogens is 334 g/mol. The number of carbonyl (C=O) groups is 1. The molecule has 0 bridgehead atoms. The molecule has 0 saturated carbocycles. The van der Waals surface area contributed by atoms with E-state index in [1.165, 1.54) is 16.7 Å². The topological polar surface area (TPSA) is 48.1 Å². The molecule has 2 N–H and O–H groups in total. The smallest absolute Gasteiger partial charge is 0.251 e. The van der Waals surface area contributed by atoms with Gasteiger partial charge in [0.2, 0.25) is 0 Å². The molecule has 138 valence electrons. The Hall–Kier alpha value is -2.85. The molecule has 2 heterocycles. The summed E-state index contributed by atoms with van der Waals surface area (Å²) in [4.78, 5) is 18.2. The van der Waals surface area contributed by atoms with Gasteiger partial charge in [0.15, 0.2) is 0 Å². The monoisotopic (exact) mass is 359 g/mol. The average molecular weight is 359 g/mol. The first-order chi connectivity index (χ1) is 13.2. The highest BCUT2D eigenvalue weighted by Gasteiger charge is 2.15. The molecule has 1 aliphatic rings. The van der Waals surface area contributed by atoms with Gasteiger partial charge in [-0.15, -0.1) is 0 Å². The normalized spacial score (nSPS) is 14.9. The van der Waals surface area contributed by atoms with Crippen molar-refractivity contribution >= 4 is 22.4 Å². The average Bonchev–Trinajstić information content (AvgIpc) is 3.12. The lowest BCUT2D eigenvalue weighted by atomic mass is 9.98. The van der Waals surface area contributed by atoms with Gasteiger partial charge in [-0.05, 0) is 49.2 Å². The second-order valence-corrected chi connectivity index (χ2v) is 7.20. The van der Waals surface area contributed by atoms with E-state index in [0.717, 1.165) is 36.8 Å². The zero-order valence-electron chi connectivity index (χ0n) is 15.7. The number of H-pyrrole nitrogens is 1. The molecule has 0 unspecified atom stereocenters. The largest absolute Gasteiger partial charge is 0.361 e. The Morgan fingerprint density at radius 1 is 1.19 bits per heavy atom. The van der Waals surface area contributed by atoms with Gasteiger partial charge in [0, 0.05) is 47.9 Å². The van der Waals surface area contributed by atoms with Crippen LogP contribution in [0.3, 0.4) is 0 Å². The molecule has 4 heteroatoms. The molecular formula is C23H25N3O. The molecule has 0 saturated heterocycles. The Kier molecular flexibility index (Phi) is 5.07. The zero-order valence-corrected chi connectivity index (χ0v) is 15.7. The van der Waals surface area contributed by atoms with E-state index < -0.39 is 0 Å². The number of nitrogens with zero attached hydrogens (tertiary/aromatic N) is 1. The lowest BCUT2D eigenvalue weighted by molar-refractivity contribution is 0.0954. The molecule has 0 fully saturated rings. The third-order valence-electron chi connectivity index (χ3n) is 5.24. The summed E-state index contributed by atoms with van der Waals surface area (Å²) in [6, 6.07) is 16.1. The Morgan fingerprint density at radius 3 is 2.81 bits per heavy atom. The third-order valence-corrected chi connectivity index (χ3v) is 5.24. The summed E-state index contributed by atoms with van der Waals surface area (Å²) in [6.07, 6.45) is 6.24. The van der Waals surface area contributed by atoms with Crippen molar-refractivity contribution in [2.45, 2.75) is 12.8 Å². The van der Waals surface area contributed by atoms with Crippen LogP contribution in [0.1, 0.15) is 27.9 Å². The summed E-state index contributed by atoms with van der Waals surface area (Å²) in [5.74, 6) is -0.0164. The lowest BCUT2D eigenvalue weighted by Crippen LogP contribution is -2.25. The number of likely N-dealkylation sites (N-methyl/N-ethyl adjacent to an activating group) is 1. The highest BCUT2D eigenvalue weighted by molar-refractivity contribution is 6.01. The molecule has 27 heavy (non-hydrogen) atoms. The van der Waals surface area contributed by atoms with E-state index in [1.807, 2.05) is 36.4 Å². The molecule has 1 aromatic heterocycles. The number of rotatable bonds is 5. The van der Waals surface area contributed by atoms with E-state index in [2.05, 4.69) is 46.7 Å². The third kappa shape index (κ3) is 3.96. The molecule has 0 spiro atoms. The molecule has 3 aromatic rings. The van der Waals surface area contributed by atoms with Crippen molar-refractivity contribution in [1.29, 1.82) is 0 Å². The van der Waals surface area contributed by atoms with Gasteiger partial charge in [-0.1, -0.05) is 36.4 Å². The van der Waals surface area contributed by atoms with Crippen LogP contribution in [0.5, 0.6) is 0 Å². The van der Waals surface area contributed by atoms with Crippen LogP contribution in [-0.4, -0.2) is 42.5 Å². The van der Waals surface area contributed by atoms with Crippen molar-refractivity contribution in [3.05, 3.63) is 77.5 Å². The minimum atomic E-state index is -0.0164. The summed E-state index contributed by atoms with van der Waals surface area (Å²) in [5, 5.41) is 4.17. The van der Waals surface area contributed by atoms with Gasteiger partial charge in [0.25, 0.3) is 5.91 Å². The lowest BCUT2D eigenvalue weighted by Gasteiger charge is -2.21. The number of benzene rings is 2. The first-order valence-electron chi connectivity index (χ1n) is 9.52. The quantitative estimate of drug-likeness (QED) is 0.727. The van der Waals surface area contributed by atoms with Gasteiger partial charge in [0.05, 0.1) is 0 Å². The number of amides is 1. The first kappa shape index (κ1) is 17.6. The van der Waals surface area contributed by atoms with Crippen molar-refractivity contribution in [3.8, 4) is 0 Å². The van der Waals surface area contributed by atoms with Gasteiger partial charge in [0.1, 0.15) is 0 Å². The minimum Gasteiger partial charge on any atom is -0.361 e. The molecule has 0 atom stereocenters. The van der Waals surface area contributed by atoms with Crippen LogP contribution < -0.4 is 5.32 Å².